The quantitative estimate of drug-likeness (QED) is 0.476. The first-order valence-electron chi connectivity index (χ1n) is 5.60. The van der Waals surface area contributed by atoms with Crippen molar-refractivity contribution in [3.63, 3.8) is 0 Å². The van der Waals surface area contributed by atoms with Crippen molar-refractivity contribution in [2.75, 3.05) is 21.3 Å². The summed E-state index contributed by atoms with van der Waals surface area (Å²) < 4.78 is 26.2. The molecule has 10 heteroatoms. The molecule has 0 saturated carbocycles. The third-order valence-electron chi connectivity index (χ3n) is 2.52. The molecule has 1 unspecified atom stereocenters. The van der Waals surface area contributed by atoms with Gasteiger partial charge in [-0.25, -0.2) is 9.78 Å². The van der Waals surface area contributed by atoms with E-state index in [1.807, 2.05) is 0 Å². The molecule has 8 nitrogen and oxygen atoms in total. The molecule has 0 fully saturated rings. The van der Waals surface area contributed by atoms with Crippen molar-refractivity contribution >= 4 is 31.1 Å². The van der Waals surface area contributed by atoms with E-state index in [4.69, 9.17) is 20.6 Å². The maximum atomic E-state index is 12.3. The highest BCUT2D eigenvalue weighted by atomic mass is 35.5. The summed E-state index contributed by atoms with van der Waals surface area (Å²) in [6.45, 7) is 0. The summed E-state index contributed by atoms with van der Waals surface area (Å²) >= 11 is 5.78. The minimum Gasteiger partial charge on any atom is -0.467 e. The number of hydrogen-bond donors (Lipinski definition) is 1. The molecular formula is C11H14ClN2O6P. The molecule has 1 heterocycles. The average molecular weight is 337 g/mol. The predicted molar refractivity (Wildman–Crippen MR) is 74.1 cm³/mol. The van der Waals surface area contributed by atoms with Crippen LogP contribution in [0.2, 0.25) is 5.15 Å². The van der Waals surface area contributed by atoms with Crippen LogP contribution in [0.3, 0.4) is 0 Å². The molecule has 1 amide bonds. The van der Waals surface area contributed by atoms with Gasteiger partial charge in [-0.2, -0.15) is 0 Å². The largest absolute Gasteiger partial charge is 0.467 e. The molecule has 21 heavy (non-hydrogen) atoms. The highest BCUT2D eigenvalue weighted by molar-refractivity contribution is 7.55. The Hall–Kier alpha value is -1.47. The molecule has 0 aliphatic heterocycles. The van der Waals surface area contributed by atoms with Gasteiger partial charge >= 0.3 is 13.6 Å². The van der Waals surface area contributed by atoms with Gasteiger partial charge in [0.15, 0.2) is 0 Å². The van der Waals surface area contributed by atoms with Gasteiger partial charge in [0.2, 0.25) is 5.78 Å². The van der Waals surface area contributed by atoms with Crippen LogP contribution in [0.5, 0.6) is 0 Å². The lowest BCUT2D eigenvalue weighted by Gasteiger charge is -2.23. The van der Waals surface area contributed by atoms with Crippen LogP contribution < -0.4 is 5.32 Å². The highest BCUT2D eigenvalue weighted by Gasteiger charge is 2.42. The number of aromatic nitrogens is 1. The number of esters is 1. The van der Waals surface area contributed by atoms with E-state index in [0.29, 0.717) is 0 Å². The van der Waals surface area contributed by atoms with Crippen LogP contribution in [0.1, 0.15) is 10.4 Å². The second kappa shape index (κ2) is 7.51. The molecule has 0 aliphatic carbocycles. The molecule has 0 saturated heterocycles. The van der Waals surface area contributed by atoms with Gasteiger partial charge in [-0.3, -0.25) is 9.36 Å². The van der Waals surface area contributed by atoms with Crippen molar-refractivity contribution in [2.24, 2.45) is 0 Å². The SMILES string of the molecule is COC(=O)C(NC(=O)c1cccnc1Cl)P(=O)(OC)OC. The zero-order valence-electron chi connectivity index (χ0n) is 11.5. The monoisotopic (exact) mass is 336 g/mol. The van der Waals surface area contributed by atoms with Crippen LogP contribution in [-0.2, 0) is 23.1 Å². The number of carbonyl (C=O) groups is 2. The van der Waals surface area contributed by atoms with E-state index in [1.165, 1.54) is 18.3 Å². The number of carbonyl (C=O) groups excluding carboxylic acids is 2. The first-order chi connectivity index (χ1) is 9.89. The fourth-order valence-corrected chi connectivity index (χ4v) is 2.84. The van der Waals surface area contributed by atoms with Gasteiger partial charge in [0, 0.05) is 20.4 Å². The molecule has 0 radical (unpaired) electrons. The molecule has 1 aromatic rings. The molecule has 1 atom stereocenters. The summed E-state index contributed by atoms with van der Waals surface area (Å²) in [7, 11) is -0.672. The van der Waals surface area contributed by atoms with Gasteiger partial charge in [-0.15, -0.1) is 0 Å². The van der Waals surface area contributed by atoms with E-state index >= 15 is 0 Å². The lowest BCUT2D eigenvalue weighted by molar-refractivity contribution is -0.141. The number of methoxy groups -OCH3 is 1. The Bertz CT molecular complexity index is 574. The number of hydrogen-bond acceptors (Lipinski definition) is 7. The lowest BCUT2D eigenvalue weighted by atomic mass is 10.2. The predicted octanol–water partition coefficient (Wildman–Crippen LogP) is 1.45. The van der Waals surface area contributed by atoms with Crippen molar-refractivity contribution in [3.05, 3.63) is 29.0 Å². The van der Waals surface area contributed by atoms with Gasteiger partial charge in [-0.05, 0) is 12.1 Å². The maximum absolute atomic E-state index is 12.3. The standard InChI is InChI=1S/C11H14ClN2O6P/c1-18-11(16)10(21(17,19-2)20-3)14-9(15)7-5-4-6-13-8(7)12/h4-6,10H,1-3H3,(H,14,15). The Morgan fingerprint density at radius 3 is 2.43 bits per heavy atom. The van der Waals surface area contributed by atoms with Gasteiger partial charge in [-0.1, -0.05) is 11.6 Å². The average Bonchev–Trinajstić information content (AvgIpc) is 2.51. The topological polar surface area (TPSA) is 104 Å². The number of nitrogens with zero attached hydrogens (tertiary/aromatic N) is 1. The molecule has 0 spiro atoms. The van der Waals surface area contributed by atoms with Crippen LogP contribution in [0.25, 0.3) is 0 Å². The molecule has 1 aromatic heterocycles. The first kappa shape index (κ1) is 17.6. The van der Waals surface area contributed by atoms with Gasteiger partial charge in [0.25, 0.3) is 5.91 Å². The van der Waals surface area contributed by atoms with Gasteiger partial charge in [0.1, 0.15) is 5.15 Å². The van der Waals surface area contributed by atoms with Crippen LogP contribution in [0.4, 0.5) is 0 Å². The number of amides is 1. The van der Waals surface area contributed by atoms with Gasteiger partial charge in [0.05, 0.1) is 12.7 Å². The molecular weight excluding hydrogens is 323 g/mol. The Balaban J connectivity index is 3.08. The van der Waals surface area contributed by atoms with E-state index in [1.54, 1.807) is 0 Å². The minimum atomic E-state index is -3.92. The van der Waals surface area contributed by atoms with E-state index < -0.39 is 25.3 Å². The summed E-state index contributed by atoms with van der Waals surface area (Å²) in [6, 6.07) is 2.88. The highest BCUT2D eigenvalue weighted by Crippen LogP contribution is 2.50. The second-order valence-corrected chi connectivity index (χ2v) is 6.33. The zero-order chi connectivity index (χ0) is 16.0. The van der Waals surface area contributed by atoms with Crippen molar-refractivity contribution < 1.29 is 27.9 Å². The summed E-state index contributed by atoms with van der Waals surface area (Å²) in [4.78, 5) is 27.5. The summed E-state index contributed by atoms with van der Waals surface area (Å²) in [5, 5.41) is 2.15. The molecule has 0 aromatic carbocycles. The smallest absolute Gasteiger partial charge is 0.363 e. The Morgan fingerprint density at radius 1 is 1.33 bits per heavy atom. The summed E-state index contributed by atoms with van der Waals surface area (Å²) in [6.07, 6.45) is 1.39. The van der Waals surface area contributed by atoms with Crippen molar-refractivity contribution in [2.45, 2.75) is 5.78 Å². The molecule has 0 aliphatic rings. The first-order valence-corrected chi connectivity index (χ1v) is 7.59. The Morgan fingerprint density at radius 2 is 1.95 bits per heavy atom. The molecule has 1 N–H and O–H groups in total. The Kier molecular flexibility index (Phi) is 6.29. The van der Waals surface area contributed by atoms with Crippen molar-refractivity contribution in [3.8, 4) is 0 Å². The third kappa shape index (κ3) is 4.01. The molecule has 0 bridgehead atoms. The normalized spacial score (nSPS) is 12.6. The number of pyridine rings is 1. The van der Waals surface area contributed by atoms with E-state index in [0.717, 1.165) is 21.3 Å². The molecule has 1 rings (SSSR count). The van der Waals surface area contributed by atoms with Crippen LogP contribution in [0.15, 0.2) is 18.3 Å². The van der Waals surface area contributed by atoms with Crippen LogP contribution in [0, 0.1) is 0 Å². The van der Waals surface area contributed by atoms with E-state index in [-0.39, 0.29) is 10.7 Å². The number of ether oxygens (including phenoxy) is 1. The van der Waals surface area contributed by atoms with Gasteiger partial charge < -0.3 is 19.1 Å². The summed E-state index contributed by atoms with van der Waals surface area (Å²) in [5.41, 5.74) is 0.00632. The minimum absolute atomic E-state index is 0.00632. The fraction of sp³-hybridized carbons (Fsp3) is 0.364. The van der Waals surface area contributed by atoms with E-state index in [9.17, 15) is 14.2 Å². The lowest BCUT2D eigenvalue weighted by Crippen LogP contribution is -2.42. The maximum Gasteiger partial charge on any atom is 0.363 e. The fourth-order valence-electron chi connectivity index (χ4n) is 1.42. The Labute approximate surface area is 126 Å². The van der Waals surface area contributed by atoms with Crippen LogP contribution in [-0.4, -0.2) is 44.0 Å². The third-order valence-corrected chi connectivity index (χ3v) is 4.81. The zero-order valence-corrected chi connectivity index (χ0v) is 13.2. The number of nitrogens with one attached hydrogen (secondary N) is 1. The van der Waals surface area contributed by atoms with Crippen LogP contribution >= 0.6 is 19.2 Å². The van der Waals surface area contributed by atoms with E-state index in [2.05, 4.69) is 15.0 Å². The number of rotatable bonds is 6. The van der Waals surface area contributed by atoms with Crippen molar-refractivity contribution in [1.29, 1.82) is 0 Å². The number of halogens is 1. The second-order valence-electron chi connectivity index (χ2n) is 3.65. The van der Waals surface area contributed by atoms with Crippen molar-refractivity contribution in [1.82, 2.24) is 10.3 Å². The summed E-state index contributed by atoms with van der Waals surface area (Å²) in [5.74, 6) is -3.37. The molecule has 116 valence electrons.